The zero-order valence-electron chi connectivity index (χ0n) is 6.89. The summed E-state index contributed by atoms with van der Waals surface area (Å²) in [6, 6.07) is 0. The van der Waals surface area contributed by atoms with Gasteiger partial charge in [-0.3, -0.25) is 9.59 Å². The molecule has 0 bridgehead atoms. The molecule has 0 aromatic rings. The Kier molecular flexibility index (Phi) is 4.32. The van der Waals surface area contributed by atoms with Crippen LogP contribution in [-0.2, 0) is 19.4 Å². The average Bonchev–Trinajstić information content (AvgIpc) is 1.81. The molecular weight excluding hydrogens is 184 g/mol. The second kappa shape index (κ2) is 4.75. The van der Waals surface area contributed by atoms with Gasteiger partial charge in [0.25, 0.3) is 0 Å². The van der Waals surface area contributed by atoms with Crippen LogP contribution >= 0.6 is 0 Å². The Morgan fingerprint density at radius 1 is 1.23 bits per heavy atom. The van der Waals surface area contributed by atoms with Gasteiger partial charge in [0.1, 0.15) is 12.8 Å². The van der Waals surface area contributed by atoms with E-state index in [0.29, 0.717) is 0 Å². The molecule has 0 radical (unpaired) electrons. The van der Waals surface area contributed by atoms with Gasteiger partial charge in [-0.1, -0.05) is 0 Å². The fourth-order valence-corrected chi connectivity index (χ4v) is 0.749. The summed E-state index contributed by atoms with van der Waals surface area (Å²) < 4.78 is 0. The monoisotopic (exact) mass is 194 g/mol. The van der Waals surface area contributed by atoms with Gasteiger partial charge in [0.2, 0.25) is 5.79 Å². The zero-order valence-corrected chi connectivity index (χ0v) is 6.89. The minimum Gasteiger partial charge on any atom is -0.481 e. The van der Waals surface area contributed by atoms with Crippen molar-refractivity contribution < 1.29 is 34.7 Å². The van der Waals surface area contributed by atoms with Crippen LogP contribution in [0.25, 0.3) is 0 Å². The second-order valence-electron chi connectivity index (χ2n) is 2.34. The normalized spacial score (nSPS) is 11.2. The van der Waals surface area contributed by atoms with Crippen molar-refractivity contribution in [2.45, 2.75) is 18.6 Å². The summed E-state index contributed by atoms with van der Waals surface area (Å²) in [5, 5.41) is 25.8. The highest BCUT2D eigenvalue weighted by atomic mass is 17.2. The van der Waals surface area contributed by atoms with Crippen molar-refractivity contribution in [3.05, 3.63) is 0 Å². The van der Waals surface area contributed by atoms with E-state index in [4.69, 9.17) is 10.2 Å². The van der Waals surface area contributed by atoms with Gasteiger partial charge in [-0.2, -0.15) is 0 Å². The summed E-state index contributed by atoms with van der Waals surface area (Å²) in [5.74, 6) is -5.10. The molecule has 0 aliphatic carbocycles. The molecule has 0 aliphatic heterocycles. The summed E-state index contributed by atoms with van der Waals surface area (Å²) in [5.41, 5.74) is 0. The molecule has 0 unspecified atom stereocenters. The standard InChI is InChI=1S/C6H10O7/c1-12-13-6(11,2-4(7)8)3-5(9)10/h11H,2-3H2,1H3,(H,7,8)(H,9,10). The molecule has 13 heavy (non-hydrogen) atoms. The van der Waals surface area contributed by atoms with E-state index in [2.05, 4.69) is 9.78 Å². The van der Waals surface area contributed by atoms with Crippen LogP contribution in [0.15, 0.2) is 0 Å². The minimum atomic E-state index is -2.33. The third-order valence-electron chi connectivity index (χ3n) is 1.09. The molecule has 0 atom stereocenters. The number of hydrogen-bond acceptors (Lipinski definition) is 5. The molecule has 7 heteroatoms. The van der Waals surface area contributed by atoms with Crippen LogP contribution in [0, 0.1) is 0 Å². The number of carboxylic acid groups (broad SMARTS) is 2. The van der Waals surface area contributed by atoms with Crippen LogP contribution in [0.3, 0.4) is 0 Å². The number of hydrogen-bond donors (Lipinski definition) is 3. The molecule has 0 aromatic carbocycles. The maximum atomic E-state index is 10.2. The summed E-state index contributed by atoms with van der Waals surface area (Å²) in [6.07, 6.45) is -1.74. The Labute approximate surface area is 73.4 Å². The van der Waals surface area contributed by atoms with Gasteiger partial charge >= 0.3 is 11.9 Å². The molecule has 7 nitrogen and oxygen atoms in total. The van der Waals surface area contributed by atoms with Crippen LogP contribution < -0.4 is 0 Å². The molecule has 0 saturated heterocycles. The van der Waals surface area contributed by atoms with E-state index in [0.717, 1.165) is 7.11 Å². The minimum absolute atomic E-state index is 0.868. The van der Waals surface area contributed by atoms with E-state index >= 15 is 0 Å². The molecule has 0 saturated carbocycles. The molecule has 0 heterocycles. The van der Waals surface area contributed by atoms with Crippen molar-refractivity contribution in [2.24, 2.45) is 0 Å². The molecule has 0 aliphatic rings. The van der Waals surface area contributed by atoms with Crippen molar-refractivity contribution in [3.8, 4) is 0 Å². The largest absolute Gasteiger partial charge is 0.481 e. The Hall–Kier alpha value is -1.18. The van der Waals surface area contributed by atoms with Crippen LogP contribution in [0.5, 0.6) is 0 Å². The third-order valence-corrected chi connectivity index (χ3v) is 1.09. The third kappa shape index (κ3) is 5.12. The molecule has 0 spiro atoms. The first-order chi connectivity index (χ1) is 5.89. The van der Waals surface area contributed by atoms with Crippen molar-refractivity contribution in [2.75, 3.05) is 7.11 Å². The number of carboxylic acids is 2. The zero-order chi connectivity index (χ0) is 10.5. The molecule has 0 aromatic heterocycles. The van der Waals surface area contributed by atoms with E-state index < -0.39 is 30.6 Å². The topological polar surface area (TPSA) is 113 Å². The van der Waals surface area contributed by atoms with Crippen LogP contribution in [0.4, 0.5) is 0 Å². The molecular formula is C6H10O7. The van der Waals surface area contributed by atoms with Crippen molar-refractivity contribution in [1.29, 1.82) is 0 Å². The molecule has 0 fully saturated rings. The lowest BCUT2D eigenvalue weighted by Crippen LogP contribution is -2.37. The highest BCUT2D eigenvalue weighted by Crippen LogP contribution is 2.17. The maximum absolute atomic E-state index is 10.2. The van der Waals surface area contributed by atoms with Crippen molar-refractivity contribution >= 4 is 11.9 Å². The first kappa shape index (κ1) is 11.8. The number of rotatable bonds is 6. The van der Waals surface area contributed by atoms with Crippen molar-refractivity contribution in [1.82, 2.24) is 0 Å². The highest BCUT2D eigenvalue weighted by Gasteiger charge is 2.35. The second-order valence-corrected chi connectivity index (χ2v) is 2.34. The lowest BCUT2D eigenvalue weighted by molar-refractivity contribution is -0.406. The Morgan fingerprint density at radius 3 is 1.85 bits per heavy atom. The fraction of sp³-hybridized carbons (Fsp3) is 0.667. The summed E-state index contributed by atoms with van der Waals surface area (Å²) in [6.45, 7) is 0. The van der Waals surface area contributed by atoms with Crippen LogP contribution in [0.1, 0.15) is 12.8 Å². The molecule has 0 amide bonds. The lowest BCUT2D eigenvalue weighted by Gasteiger charge is -2.21. The first-order valence-corrected chi connectivity index (χ1v) is 3.27. The SMILES string of the molecule is COOC(O)(CC(=O)O)CC(=O)O. The highest BCUT2D eigenvalue weighted by molar-refractivity contribution is 5.72. The smallest absolute Gasteiger partial charge is 0.308 e. The number of aliphatic hydroxyl groups is 1. The van der Waals surface area contributed by atoms with Crippen LogP contribution in [-0.4, -0.2) is 40.2 Å². The quantitative estimate of drug-likeness (QED) is 0.288. The average molecular weight is 194 g/mol. The molecule has 3 N–H and O–H groups in total. The van der Waals surface area contributed by atoms with E-state index in [-0.39, 0.29) is 0 Å². The Balaban J connectivity index is 4.32. The maximum Gasteiger partial charge on any atom is 0.308 e. The fourth-order valence-electron chi connectivity index (χ4n) is 0.749. The summed E-state index contributed by atoms with van der Waals surface area (Å²) >= 11 is 0. The predicted molar refractivity (Wildman–Crippen MR) is 37.5 cm³/mol. The van der Waals surface area contributed by atoms with E-state index in [1.165, 1.54) is 0 Å². The lowest BCUT2D eigenvalue weighted by atomic mass is 10.1. The number of carbonyl (C=O) groups is 2. The Bertz CT molecular complexity index is 183. The summed E-state index contributed by atoms with van der Waals surface area (Å²) in [4.78, 5) is 28.5. The van der Waals surface area contributed by atoms with E-state index in [1.807, 2.05) is 0 Å². The molecule has 76 valence electrons. The van der Waals surface area contributed by atoms with Gasteiger partial charge in [0, 0.05) is 0 Å². The van der Waals surface area contributed by atoms with Gasteiger partial charge in [0.15, 0.2) is 0 Å². The van der Waals surface area contributed by atoms with Gasteiger partial charge in [-0.25, -0.2) is 9.78 Å². The summed E-state index contributed by atoms with van der Waals surface area (Å²) in [7, 11) is 1.04. The van der Waals surface area contributed by atoms with Gasteiger partial charge < -0.3 is 15.3 Å². The van der Waals surface area contributed by atoms with E-state index in [1.54, 1.807) is 0 Å². The van der Waals surface area contributed by atoms with Crippen LogP contribution in [0.2, 0.25) is 0 Å². The van der Waals surface area contributed by atoms with E-state index in [9.17, 15) is 14.7 Å². The first-order valence-electron chi connectivity index (χ1n) is 3.27. The van der Waals surface area contributed by atoms with Gasteiger partial charge in [0.05, 0.1) is 7.11 Å². The molecule has 0 rings (SSSR count). The van der Waals surface area contributed by atoms with Crippen molar-refractivity contribution in [3.63, 3.8) is 0 Å². The van der Waals surface area contributed by atoms with Gasteiger partial charge in [-0.15, -0.1) is 0 Å². The Morgan fingerprint density at radius 2 is 1.62 bits per heavy atom. The predicted octanol–water partition coefficient (Wildman–Crippen LogP) is -0.798. The van der Waals surface area contributed by atoms with Gasteiger partial charge in [-0.05, 0) is 0 Å². The number of aliphatic carboxylic acids is 2.